The van der Waals surface area contributed by atoms with Gasteiger partial charge in [-0.2, -0.15) is 5.26 Å². The topological polar surface area (TPSA) is 76.0 Å². The van der Waals surface area contributed by atoms with Crippen molar-refractivity contribution in [2.75, 3.05) is 26.2 Å². The summed E-state index contributed by atoms with van der Waals surface area (Å²) in [5.74, 6) is 0.702. The molecule has 0 radical (unpaired) electrons. The van der Waals surface area contributed by atoms with E-state index in [0.29, 0.717) is 27.7 Å². The van der Waals surface area contributed by atoms with E-state index >= 15 is 0 Å². The molecule has 8 heteroatoms. The molecule has 5 rings (SSSR count). The zero-order valence-corrected chi connectivity index (χ0v) is 19.5. The third-order valence-electron chi connectivity index (χ3n) is 5.89. The maximum atomic E-state index is 12.7. The van der Waals surface area contributed by atoms with Gasteiger partial charge in [-0.1, -0.05) is 35.9 Å². The highest BCUT2D eigenvalue weighted by atomic mass is 35.5. The minimum Gasteiger partial charge on any atom is -0.308 e. The molecule has 1 aliphatic heterocycles. The molecule has 2 aromatic heterocycles. The van der Waals surface area contributed by atoms with Crippen LogP contribution < -0.4 is 5.56 Å². The van der Waals surface area contributed by atoms with Gasteiger partial charge in [-0.25, -0.2) is 4.98 Å². The van der Waals surface area contributed by atoms with E-state index in [1.54, 1.807) is 0 Å². The molecule has 166 valence electrons. The minimum atomic E-state index is -0.0836. The second kappa shape index (κ2) is 9.46. The number of piperazine rings is 1. The number of H-pyrrole nitrogens is 1. The van der Waals surface area contributed by atoms with Crippen molar-refractivity contribution in [2.24, 2.45) is 0 Å². The summed E-state index contributed by atoms with van der Waals surface area (Å²) in [7, 11) is 0. The van der Waals surface area contributed by atoms with Gasteiger partial charge >= 0.3 is 0 Å². The quantitative estimate of drug-likeness (QED) is 0.460. The molecule has 33 heavy (non-hydrogen) atoms. The Kier molecular flexibility index (Phi) is 6.25. The second-order valence-corrected chi connectivity index (χ2v) is 9.69. The Labute approximate surface area is 200 Å². The Morgan fingerprint density at radius 2 is 1.67 bits per heavy atom. The number of hydrogen-bond acceptors (Lipinski definition) is 6. The average Bonchev–Trinajstić information content (AvgIpc) is 3.26. The van der Waals surface area contributed by atoms with Crippen molar-refractivity contribution in [2.45, 2.75) is 13.1 Å². The van der Waals surface area contributed by atoms with Crippen molar-refractivity contribution in [1.82, 2.24) is 19.8 Å². The number of benzene rings is 2. The molecule has 0 amide bonds. The highest BCUT2D eigenvalue weighted by Crippen LogP contribution is 2.31. The van der Waals surface area contributed by atoms with Crippen molar-refractivity contribution < 1.29 is 0 Å². The lowest BCUT2D eigenvalue weighted by Crippen LogP contribution is -2.45. The van der Waals surface area contributed by atoms with E-state index < -0.39 is 0 Å². The molecule has 6 nitrogen and oxygen atoms in total. The first-order valence-corrected chi connectivity index (χ1v) is 12.0. The number of aromatic amines is 1. The van der Waals surface area contributed by atoms with Gasteiger partial charge in [0.05, 0.1) is 23.7 Å². The van der Waals surface area contributed by atoms with E-state index in [-0.39, 0.29) is 5.56 Å². The molecular formula is C25H22ClN5OS. The Bertz CT molecular complexity index is 1360. The van der Waals surface area contributed by atoms with Gasteiger partial charge in [0.1, 0.15) is 10.5 Å². The molecule has 1 N–H and O–H groups in total. The van der Waals surface area contributed by atoms with Crippen LogP contribution in [0.2, 0.25) is 5.02 Å². The maximum Gasteiger partial charge on any atom is 0.268 e. The van der Waals surface area contributed by atoms with Crippen LogP contribution in [0.25, 0.3) is 20.7 Å². The van der Waals surface area contributed by atoms with E-state index in [9.17, 15) is 4.79 Å². The van der Waals surface area contributed by atoms with Gasteiger partial charge in [0, 0.05) is 42.6 Å². The van der Waals surface area contributed by atoms with Crippen LogP contribution in [-0.2, 0) is 13.1 Å². The molecule has 0 atom stereocenters. The number of halogens is 1. The summed E-state index contributed by atoms with van der Waals surface area (Å²) < 4.78 is 0.649. The summed E-state index contributed by atoms with van der Waals surface area (Å²) in [6.45, 7) is 5.23. The summed E-state index contributed by atoms with van der Waals surface area (Å²) in [6.07, 6.45) is 0. The van der Waals surface area contributed by atoms with E-state index in [4.69, 9.17) is 21.8 Å². The molecule has 0 bridgehead atoms. The van der Waals surface area contributed by atoms with Crippen molar-refractivity contribution >= 4 is 33.2 Å². The average molecular weight is 476 g/mol. The van der Waals surface area contributed by atoms with Crippen LogP contribution in [0.3, 0.4) is 0 Å². The van der Waals surface area contributed by atoms with Crippen LogP contribution in [0.5, 0.6) is 0 Å². The van der Waals surface area contributed by atoms with E-state index in [1.165, 1.54) is 16.9 Å². The summed E-state index contributed by atoms with van der Waals surface area (Å²) in [5.41, 5.74) is 3.59. The van der Waals surface area contributed by atoms with Crippen LogP contribution in [0.15, 0.2) is 59.4 Å². The van der Waals surface area contributed by atoms with Gasteiger partial charge in [-0.3, -0.25) is 14.6 Å². The molecule has 0 spiro atoms. The molecule has 4 aromatic rings. The van der Waals surface area contributed by atoms with Crippen molar-refractivity contribution in [1.29, 1.82) is 5.26 Å². The fraction of sp³-hybridized carbons (Fsp3) is 0.240. The first-order chi connectivity index (χ1) is 16.1. The molecule has 3 heterocycles. The van der Waals surface area contributed by atoms with Gasteiger partial charge in [0.15, 0.2) is 0 Å². The van der Waals surface area contributed by atoms with E-state index in [1.807, 2.05) is 54.6 Å². The van der Waals surface area contributed by atoms with Crippen LogP contribution >= 0.6 is 22.9 Å². The lowest BCUT2D eigenvalue weighted by Gasteiger charge is -2.34. The number of hydrogen-bond donors (Lipinski definition) is 1. The van der Waals surface area contributed by atoms with E-state index in [2.05, 4.69) is 20.9 Å². The van der Waals surface area contributed by atoms with Crippen LogP contribution in [0.1, 0.15) is 17.0 Å². The Balaban J connectivity index is 1.23. The number of aromatic nitrogens is 2. The van der Waals surface area contributed by atoms with Crippen molar-refractivity contribution in [3.63, 3.8) is 0 Å². The summed E-state index contributed by atoms with van der Waals surface area (Å²) in [6, 6.07) is 19.5. The zero-order chi connectivity index (χ0) is 22.8. The summed E-state index contributed by atoms with van der Waals surface area (Å²) in [4.78, 5) is 26.2. The number of thiophene rings is 1. The van der Waals surface area contributed by atoms with Crippen molar-refractivity contribution in [3.05, 3.63) is 86.9 Å². The molecule has 1 saturated heterocycles. The number of fused-ring (bicyclic) bond motifs is 1. The normalized spacial score (nSPS) is 15.0. The smallest absolute Gasteiger partial charge is 0.268 e. The molecule has 0 aliphatic carbocycles. The van der Waals surface area contributed by atoms with Crippen molar-refractivity contribution in [3.8, 4) is 16.5 Å². The highest BCUT2D eigenvalue weighted by molar-refractivity contribution is 7.22. The summed E-state index contributed by atoms with van der Waals surface area (Å²) >= 11 is 7.45. The number of nitriles is 1. The van der Waals surface area contributed by atoms with Gasteiger partial charge < -0.3 is 4.98 Å². The fourth-order valence-electron chi connectivity index (χ4n) is 4.08. The first kappa shape index (κ1) is 21.8. The largest absolute Gasteiger partial charge is 0.308 e. The lowest BCUT2D eigenvalue weighted by molar-refractivity contribution is 0.120. The second-order valence-electron chi connectivity index (χ2n) is 8.21. The van der Waals surface area contributed by atoms with Crippen LogP contribution in [0.4, 0.5) is 0 Å². The van der Waals surface area contributed by atoms with Gasteiger partial charge in [-0.05, 0) is 41.5 Å². The Morgan fingerprint density at radius 3 is 2.33 bits per heavy atom. The van der Waals surface area contributed by atoms with Gasteiger partial charge in [-0.15, -0.1) is 11.3 Å². The summed E-state index contributed by atoms with van der Waals surface area (Å²) in [5, 5.41) is 9.63. The highest BCUT2D eigenvalue weighted by Gasteiger charge is 2.19. The standard InChI is InChI=1S/C25H22ClN5OS/c26-20-7-5-19(6-8-20)22-13-21-24(33-22)25(32)29-23(28-21)16-31-11-9-30(10-12-31)15-18-3-1-17(14-27)2-4-18/h1-8,13H,9-12,15-16H2,(H,28,29,32). The Hall–Kier alpha value is -3.02. The predicted molar refractivity (Wildman–Crippen MR) is 132 cm³/mol. The zero-order valence-electron chi connectivity index (χ0n) is 17.9. The fourth-order valence-corrected chi connectivity index (χ4v) is 5.20. The molecule has 0 saturated carbocycles. The lowest BCUT2D eigenvalue weighted by atomic mass is 10.1. The predicted octanol–water partition coefficient (Wildman–Crippen LogP) is 4.49. The third kappa shape index (κ3) is 5.00. The monoisotopic (exact) mass is 475 g/mol. The molecule has 1 fully saturated rings. The number of nitrogens with zero attached hydrogens (tertiary/aromatic N) is 4. The van der Waals surface area contributed by atoms with Gasteiger partial charge in [0.25, 0.3) is 5.56 Å². The maximum absolute atomic E-state index is 12.7. The number of nitrogens with one attached hydrogen (secondary N) is 1. The molecular weight excluding hydrogens is 454 g/mol. The van der Waals surface area contributed by atoms with Crippen LogP contribution in [-0.4, -0.2) is 45.9 Å². The Morgan fingerprint density at radius 1 is 1.00 bits per heavy atom. The molecule has 1 aliphatic rings. The molecule has 2 aromatic carbocycles. The third-order valence-corrected chi connectivity index (χ3v) is 7.31. The number of rotatable bonds is 5. The first-order valence-electron chi connectivity index (χ1n) is 10.8. The van der Waals surface area contributed by atoms with E-state index in [0.717, 1.165) is 48.7 Å². The minimum absolute atomic E-state index is 0.0836. The van der Waals surface area contributed by atoms with Crippen LogP contribution in [0, 0.1) is 11.3 Å². The van der Waals surface area contributed by atoms with Gasteiger partial charge in [0.2, 0.25) is 0 Å². The SMILES string of the molecule is N#Cc1ccc(CN2CCN(Cc3nc4cc(-c5ccc(Cl)cc5)sc4c(=O)[nH]3)CC2)cc1. The molecule has 0 unspecified atom stereocenters.